The summed E-state index contributed by atoms with van der Waals surface area (Å²) in [6.07, 6.45) is 3.81. The average Bonchev–Trinajstić information content (AvgIpc) is 3.21. The van der Waals surface area contributed by atoms with Gasteiger partial charge < -0.3 is 9.73 Å². The molecule has 0 bridgehead atoms. The minimum absolute atomic E-state index is 0.0473. The molecule has 0 spiro atoms. The van der Waals surface area contributed by atoms with Crippen LogP contribution in [0.25, 0.3) is 11.4 Å². The SMILES string of the molecule is C[C@H](Sc1nnc(-c2ccc(C(C)(C)C)cc2)n1Cc1ccco1)C(=O)NC1CC1. The molecule has 0 unspecified atom stereocenters. The molecular weight excluding hydrogens is 396 g/mol. The Hall–Kier alpha value is -2.54. The molecule has 2 aromatic heterocycles. The first kappa shape index (κ1) is 20.7. The number of nitrogens with one attached hydrogen (secondary N) is 1. The van der Waals surface area contributed by atoms with Crippen molar-refractivity contribution in [2.75, 3.05) is 0 Å². The van der Waals surface area contributed by atoms with E-state index < -0.39 is 0 Å². The highest BCUT2D eigenvalue weighted by atomic mass is 32.2. The Kier molecular flexibility index (Phi) is 5.73. The molecule has 6 nitrogen and oxygen atoms in total. The van der Waals surface area contributed by atoms with Gasteiger partial charge in [0.1, 0.15) is 5.76 Å². The molecule has 1 N–H and O–H groups in total. The van der Waals surface area contributed by atoms with Crippen LogP contribution in [-0.4, -0.2) is 32.0 Å². The number of aromatic nitrogens is 3. The van der Waals surface area contributed by atoms with E-state index in [0.29, 0.717) is 17.7 Å². The number of amides is 1. The van der Waals surface area contributed by atoms with E-state index in [0.717, 1.165) is 30.0 Å². The second kappa shape index (κ2) is 8.30. The number of nitrogens with zero attached hydrogens (tertiary/aromatic N) is 3. The molecule has 158 valence electrons. The van der Waals surface area contributed by atoms with Crippen LogP contribution in [0.5, 0.6) is 0 Å². The van der Waals surface area contributed by atoms with Gasteiger partial charge in [-0.2, -0.15) is 0 Å². The molecule has 2 heterocycles. The lowest BCUT2D eigenvalue weighted by molar-refractivity contribution is -0.120. The summed E-state index contributed by atoms with van der Waals surface area (Å²) in [6.45, 7) is 9.01. The minimum atomic E-state index is -0.249. The van der Waals surface area contributed by atoms with Gasteiger partial charge in [0.2, 0.25) is 5.91 Å². The van der Waals surface area contributed by atoms with E-state index in [-0.39, 0.29) is 16.6 Å². The Balaban J connectivity index is 1.62. The van der Waals surface area contributed by atoms with Gasteiger partial charge in [-0.15, -0.1) is 10.2 Å². The fraction of sp³-hybridized carbons (Fsp3) is 0.435. The van der Waals surface area contributed by atoms with Crippen LogP contribution in [0.1, 0.15) is 51.9 Å². The summed E-state index contributed by atoms with van der Waals surface area (Å²) in [6, 6.07) is 12.6. The van der Waals surface area contributed by atoms with Crippen LogP contribution in [0.15, 0.2) is 52.2 Å². The molecule has 1 atom stereocenters. The number of hydrogen-bond acceptors (Lipinski definition) is 5. The number of rotatable bonds is 7. The zero-order valence-electron chi connectivity index (χ0n) is 17.9. The standard InChI is InChI=1S/C23H28N4O2S/c1-15(21(28)24-18-11-12-18)30-22-26-25-20(27(22)14-19-6-5-13-29-19)16-7-9-17(10-8-16)23(2,3)4/h5-10,13,15,18H,11-12,14H2,1-4H3,(H,24,28)/t15-/m0/s1. The quantitative estimate of drug-likeness (QED) is 0.559. The summed E-state index contributed by atoms with van der Waals surface area (Å²) >= 11 is 1.43. The summed E-state index contributed by atoms with van der Waals surface area (Å²) < 4.78 is 7.59. The molecule has 1 aromatic carbocycles. The first-order valence-corrected chi connectivity index (χ1v) is 11.2. The molecule has 3 aromatic rings. The fourth-order valence-electron chi connectivity index (χ4n) is 3.17. The third-order valence-electron chi connectivity index (χ3n) is 5.20. The molecule has 1 aliphatic rings. The molecule has 1 saturated carbocycles. The molecule has 1 aliphatic carbocycles. The largest absolute Gasteiger partial charge is 0.467 e. The predicted molar refractivity (Wildman–Crippen MR) is 118 cm³/mol. The van der Waals surface area contributed by atoms with Crippen LogP contribution in [-0.2, 0) is 16.8 Å². The molecule has 1 amide bonds. The Morgan fingerprint density at radius 2 is 1.97 bits per heavy atom. The molecular formula is C23H28N4O2S. The smallest absolute Gasteiger partial charge is 0.233 e. The minimum Gasteiger partial charge on any atom is -0.467 e. The van der Waals surface area contributed by atoms with E-state index >= 15 is 0 Å². The second-order valence-corrected chi connectivity index (χ2v) is 10.1. The Labute approximate surface area is 181 Å². The molecule has 30 heavy (non-hydrogen) atoms. The van der Waals surface area contributed by atoms with Crippen molar-refractivity contribution in [1.29, 1.82) is 0 Å². The molecule has 0 aliphatic heterocycles. The zero-order chi connectivity index (χ0) is 21.3. The normalized spacial score (nSPS) is 15.2. The highest BCUT2D eigenvalue weighted by Gasteiger charge is 2.27. The number of thioether (sulfide) groups is 1. The van der Waals surface area contributed by atoms with Crippen molar-refractivity contribution in [3.8, 4) is 11.4 Å². The second-order valence-electron chi connectivity index (χ2n) is 8.84. The number of carbonyl (C=O) groups is 1. The lowest BCUT2D eigenvalue weighted by atomic mass is 9.87. The summed E-state index contributed by atoms with van der Waals surface area (Å²) in [5.74, 6) is 1.63. The Bertz CT molecular complexity index is 999. The van der Waals surface area contributed by atoms with Gasteiger partial charge in [0.25, 0.3) is 0 Å². The van der Waals surface area contributed by atoms with Crippen molar-refractivity contribution >= 4 is 17.7 Å². The zero-order valence-corrected chi connectivity index (χ0v) is 18.7. The maximum atomic E-state index is 12.4. The van der Waals surface area contributed by atoms with Gasteiger partial charge in [0.05, 0.1) is 18.1 Å². The number of carbonyl (C=O) groups excluding carboxylic acids is 1. The van der Waals surface area contributed by atoms with Crippen molar-refractivity contribution in [2.24, 2.45) is 0 Å². The molecule has 1 fully saturated rings. The van der Waals surface area contributed by atoms with Gasteiger partial charge >= 0.3 is 0 Å². The molecule has 0 saturated heterocycles. The predicted octanol–water partition coefficient (Wildman–Crippen LogP) is 4.64. The maximum Gasteiger partial charge on any atom is 0.233 e. The fourth-order valence-corrected chi connectivity index (χ4v) is 4.03. The van der Waals surface area contributed by atoms with E-state index in [4.69, 9.17) is 4.42 Å². The van der Waals surface area contributed by atoms with Gasteiger partial charge in [-0.1, -0.05) is 56.8 Å². The highest BCUT2D eigenvalue weighted by molar-refractivity contribution is 8.00. The lowest BCUT2D eigenvalue weighted by Gasteiger charge is -2.19. The van der Waals surface area contributed by atoms with Gasteiger partial charge in [-0.05, 0) is 42.9 Å². The van der Waals surface area contributed by atoms with Crippen LogP contribution in [0.4, 0.5) is 0 Å². The maximum absolute atomic E-state index is 12.4. The van der Waals surface area contributed by atoms with E-state index in [1.165, 1.54) is 17.3 Å². The van der Waals surface area contributed by atoms with E-state index in [9.17, 15) is 4.79 Å². The first-order chi connectivity index (χ1) is 14.3. The monoisotopic (exact) mass is 424 g/mol. The van der Waals surface area contributed by atoms with E-state index in [2.05, 4.69) is 60.6 Å². The van der Waals surface area contributed by atoms with Gasteiger partial charge in [-0.25, -0.2) is 0 Å². The lowest BCUT2D eigenvalue weighted by Crippen LogP contribution is -2.32. The van der Waals surface area contributed by atoms with Crippen molar-refractivity contribution in [3.05, 3.63) is 54.0 Å². The van der Waals surface area contributed by atoms with Crippen LogP contribution in [0.3, 0.4) is 0 Å². The number of hydrogen-bond donors (Lipinski definition) is 1. The third-order valence-corrected chi connectivity index (χ3v) is 6.28. The van der Waals surface area contributed by atoms with Crippen LogP contribution in [0.2, 0.25) is 0 Å². The van der Waals surface area contributed by atoms with Crippen LogP contribution >= 0.6 is 11.8 Å². The Morgan fingerprint density at radius 3 is 2.57 bits per heavy atom. The molecule has 4 rings (SSSR count). The highest BCUT2D eigenvalue weighted by Crippen LogP contribution is 2.30. The van der Waals surface area contributed by atoms with Gasteiger partial charge in [0, 0.05) is 11.6 Å². The molecule has 7 heteroatoms. The van der Waals surface area contributed by atoms with Crippen molar-refractivity contribution in [2.45, 2.75) is 68.9 Å². The summed E-state index contributed by atoms with van der Waals surface area (Å²) in [7, 11) is 0. The van der Waals surface area contributed by atoms with Crippen LogP contribution < -0.4 is 5.32 Å². The first-order valence-electron chi connectivity index (χ1n) is 10.3. The van der Waals surface area contributed by atoms with Crippen molar-refractivity contribution in [1.82, 2.24) is 20.1 Å². The Morgan fingerprint density at radius 1 is 1.23 bits per heavy atom. The summed E-state index contributed by atoms with van der Waals surface area (Å²) in [4.78, 5) is 12.4. The summed E-state index contributed by atoms with van der Waals surface area (Å²) in [5.41, 5.74) is 2.35. The summed E-state index contributed by atoms with van der Waals surface area (Å²) in [5, 5.41) is 12.4. The average molecular weight is 425 g/mol. The number of furan rings is 1. The van der Waals surface area contributed by atoms with Crippen molar-refractivity contribution in [3.63, 3.8) is 0 Å². The topological polar surface area (TPSA) is 73.0 Å². The van der Waals surface area contributed by atoms with E-state index in [1.807, 2.05) is 23.6 Å². The molecule has 0 radical (unpaired) electrons. The van der Waals surface area contributed by atoms with E-state index in [1.54, 1.807) is 6.26 Å². The van der Waals surface area contributed by atoms with Gasteiger partial charge in [0.15, 0.2) is 11.0 Å². The third kappa shape index (κ3) is 4.78. The number of benzene rings is 1. The van der Waals surface area contributed by atoms with Gasteiger partial charge in [-0.3, -0.25) is 9.36 Å². The van der Waals surface area contributed by atoms with Crippen LogP contribution in [0, 0.1) is 0 Å². The van der Waals surface area contributed by atoms with Crippen molar-refractivity contribution < 1.29 is 9.21 Å².